The number of rotatable bonds is 7. The number of hydrogen-bond acceptors (Lipinski definition) is 3. The third kappa shape index (κ3) is 9.24. The lowest BCUT2D eigenvalue weighted by Crippen LogP contribution is -2.33. The fourth-order valence-corrected chi connectivity index (χ4v) is 1.87. The van der Waals surface area contributed by atoms with Crippen LogP contribution >= 0.6 is 24.2 Å². The van der Waals surface area contributed by atoms with Crippen LogP contribution < -0.4 is 0 Å². The highest BCUT2D eigenvalue weighted by Gasteiger charge is 2.08. The van der Waals surface area contributed by atoms with Crippen LogP contribution in [-0.4, -0.2) is 41.5 Å². The predicted molar refractivity (Wildman–Crippen MR) is 72.9 cm³/mol. The highest BCUT2D eigenvalue weighted by Crippen LogP contribution is 2.15. The minimum absolute atomic E-state index is 0. The Bertz CT molecular complexity index is 172. The predicted octanol–water partition coefficient (Wildman–Crippen LogP) is 2.77. The molecule has 0 bridgehead atoms. The lowest BCUT2D eigenvalue weighted by molar-refractivity contribution is 0.137. The van der Waals surface area contributed by atoms with Gasteiger partial charge in [0.15, 0.2) is 0 Å². The largest absolute Gasteiger partial charge is 0.391 e. The van der Waals surface area contributed by atoms with E-state index in [4.69, 9.17) is 0 Å². The number of aliphatic hydroxyl groups excluding tert-OH is 1. The number of hydrogen-bond donors (Lipinski definition) is 1. The molecule has 0 radical (unpaired) electrons. The molecule has 0 aliphatic rings. The lowest BCUT2D eigenvalue weighted by Gasteiger charge is -2.21. The van der Waals surface area contributed by atoms with Gasteiger partial charge in [0, 0.05) is 12.3 Å². The zero-order chi connectivity index (χ0) is 11.0. The van der Waals surface area contributed by atoms with Crippen LogP contribution in [0.15, 0.2) is 11.0 Å². The van der Waals surface area contributed by atoms with Gasteiger partial charge in [-0.2, -0.15) is 0 Å². The fourth-order valence-electron chi connectivity index (χ4n) is 1.14. The summed E-state index contributed by atoms with van der Waals surface area (Å²) in [4.78, 5) is 3.53. The smallest absolute Gasteiger partial charge is 0.0760 e. The van der Waals surface area contributed by atoms with Crippen LogP contribution in [0.1, 0.15) is 27.7 Å². The summed E-state index contributed by atoms with van der Waals surface area (Å²) in [5, 5.41) is 9.74. The van der Waals surface area contributed by atoms with E-state index in [9.17, 15) is 5.11 Å². The van der Waals surface area contributed by atoms with Gasteiger partial charge in [-0.1, -0.05) is 19.9 Å². The monoisotopic (exact) mass is 253 g/mol. The van der Waals surface area contributed by atoms with Crippen molar-refractivity contribution in [2.45, 2.75) is 33.8 Å². The SMILES string of the molecule is CC=C(C)SCC(O)CN(CC)CC.Cl. The van der Waals surface area contributed by atoms with Crippen LogP contribution in [0.25, 0.3) is 0 Å². The van der Waals surface area contributed by atoms with Crippen molar-refractivity contribution in [3.63, 3.8) is 0 Å². The molecule has 0 heterocycles. The summed E-state index contributed by atoms with van der Waals surface area (Å²) in [6.07, 6.45) is 1.87. The van der Waals surface area contributed by atoms with Gasteiger partial charge in [0.25, 0.3) is 0 Å². The fraction of sp³-hybridized carbons (Fsp3) is 0.818. The van der Waals surface area contributed by atoms with E-state index in [0.29, 0.717) is 0 Å². The molecule has 0 aromatic heterocycles. The number of thioether (sulfide) groups is 1. The number of halogens is 1. The molecule has 1 atom stereocenters. The van der Waals surface area contributed by atoms with E-state index >= 15 is 0 Å². The van der Waals surface area contributed by atoms with E-state index in [0.717, 1.165) is 25.4 Å². The molecule has 92 valence electrons. The lowest BCUT2D eigenvalue weighted by atomic mass is 10.3. The number of likely N-dealkylation sites (N-methyl/N-ethyl adjacent to an activating group) is 1. The molecule has 0 aliphatic carbocycles. The van der Waals surface area contributed by atoms with Crippen LogP contribution in [-0.2, 0) is 0 Å². The third-order valence-electron chi connectivity index (χ3n) is 2.27. The summed E-state index contributed by atoms with van der Waals surface area (Å²) in [6.45, 7) is 11.2. The Morgan fingerprint density at radius 3 is 2.33 bits per heavy atom. The average molecular weight is 254 g/mol. The van der Waals surface area contributed by atoms with Crippen molar-refractivity contribution in [2.24, 2.45) is 0 Å². The Kier molecular flexibility index (Phi) is 12.7. The van der Waals surface area contributed by atoms with E-state index in [2.05, 4.69) is 31.7 Å². The van der Waals surface area contributed by atoms with Crippen LogP contribution in [0.4, 0.5) is 0 Å². The molecule has 0 rings (SSSR count). The molecule has 0 fully saturated rings. The molecular formula is C11H24ClNOS. The summed E-state index contributed by atoms with van der Waals surface area (Å²) in [5.74, 6) is 0.798. The van der Waals surface area contributed by atoms with Crippen LogP contribution in [0.5, 0.6) is 0 Å². The van der Waals surface area contributed by atoms with Crippen molar-refractivity contribution in [1.29, 1.82) is 0 Å². The first-order valence-electron chi connectivity index (χ1n) is 5.30. The maximum absolute atomic E-state index is 9.74. The van der Waals surface area contributed by atoms with Gasteiger partial charge in [0.2, 0.25) is 0 Å². The van der Waals surface area contributed by atoms with Crippen molar-refractivity contribution in [3.8, 4) is 0 Å². The topological polar surface area (TPSA) is 23.5 Å². The van der Waals surface area contributed by atoms with Gasteiger partial charge in [-0.05, 0) is 31.8 Å². The van der Waals surface area contributed by atoms with Gasteiger partial charge in [-0.25, -0.2) is 0 Å². The third-order valence-corrected chi connectivity index (χ3v) is 3.52. The maximum atomic E-state index is 9.74. The van der Waals surface area contributed by atoms with Crippen molar-refractivity contribution in [3.05, 3.63) is 11.0 Å². The summed E-state index contributed by atoms with van der Waals surface area (Å²) in [6, 6.07) is 0. The van der Waals surface area contributed by atoms with Gasteiger partial charge in [0.05, 0.1) is 6.10 Å². The highest BCUT2D eigenvalue weighted by atomic mass is 35.5. The number of aliphatic hydroxyl groups is 1. The second-order valence-electron chi connectivity index (χ2n) is 3.35. The standard InChI is InChI=1S/C11H23NOS.ClH/c1-5-10(4)14-9-11(13)8-12(6-2)7-3;/h5,11,13H,6-9H2,1-4H3;1H. The van der Waals surface area contributed by atoms with Crippen molar-refractivity contribution < 1.29 is 5.11 Å². The van der Waals surface area contributed by atoms with Crippen molar-refractivity contribution in [1.82, 2.24) is 4.90 Å². The molecule has 0 saturated heterocycles. The van der Waals surface area contributed by atoms with Gasteiger partial charge < -0.3 is 10.0 Å². The quantitative estimate of drug-likeness (QED) is 0.755. The second-order valence-corrected chi connectivity index (χ2v) is 4.62. The summed E-state index contributed by atoms with van der Waals surface area (Å²) in [7, 11) is 0. The second kappa shape index (κ2) is 10.8. The molecule has 15 heavy (non-hydrogen) atoms. The van der Waals surface area contributed by atoms with Crippen molar-refractivity contribution in [2.75, 3.05) is 25.4 Å². The number of nitrogens with zero attached hydrogens (tertiary/aromatic N) is 1. The molecular weight excluding hydrogens is 230 g/mol. The first kappa shape index (κ1) is 17.7. The first-order chi connectivity index (χ1) is 6.63. The van der Waals surface area contributed by atoms with Crippen LogP contribution in [0.2, 0.25) is 0 Å². The minimum atomic E-state index is -0.213. The molecule has 4 heteroatoms. The van der Waals surface area contributed by atoms with Gasteiger partial charge in [0.1, 0.15) is 0 Å². The van der Waals surface area contributed by atoms with Crippen molar-refractivity contribution >= 4 is 24.2 Å². The minimum Gasteiger partial charge on any atom is -0.391 e. The Balaban J connectivity index is 0. The first-order valence-corrected chi connectivity index (χ1v) is 6.28. The molecule has 0 aromatic rings. The molecule has 1 N–H and O–H groups in total. The summed E-state index contributed by atoms with van der Waals surface area (Å²) < 4.78 is 0. The van der Waals surface area contributed by atoms with Crippen LogP contribution in [0, 0.1) is 0 Å². The Morgan fingerprint density at radius 2 is 1.93 bits per heavy atom. The molecule has 0 aliphatic heterocycles. The molecule has 0 saturated carbocycles. The molecule has 0 amide bonds. The van der Waals surface area contributed by atoms with E-state index < -0.39 is 0 Å². The van der Waals surface area contributed by atoms with E-state index in [1.165, 1.54) is 4.91 Å². The number of allylic oxidation sites excluding steroid dienone is 2. The normalized spacial score (nSPS) is 13.9. The highest BCUT2D eigenvalue weighted by molar-refractivity contribution is 8.03. The summed E-state index contributed by atoms with van der Waals surface area (Å²) in [5.41, 5.74) is 0. The molecule has 0 spiro atoms. The molecule has 2 nitrogen and oxygen atoms in total. The summed E-state index contributed by atoms with van der Waals surface area (Å²) >= 11 is 1.73. The maximum Gasteiger partial charge on any atom is 0.0760 e. The Hall–Kier alpha value is 0.300. The Labute approximate surface area is 105 Å². The van der Waals surface area contributed by atoms with Gasteiger partial charge >= 0.3 is 0 Å². The van der Waals surface area contributed by atoms with Gasteiger partial charge in [-0.3, -0.25) is 0 Å². The van der Waals surface area contributed by atoms with E-state index in [-0.39, 0.29) is 18.5 Å². The molecule has 0 aromatic carbocycles. The van der Waals surface area contributed by atoms with E-state index in [1.807, 2.05) is 6.92 Å². The zero-order valence-corrected chi connectivity index (χ0v) is 11.8. The Morgan fingerprint density at radius 1 is 1.40 bits per heavy atom. The average Bonchev–Trinajstić information content (AvgIpc) is 2.22. The van der Waals surface area contributed by atoms with E-state index in [1.54, 1.807) is 11.8 Å². The van der Waals surface area contributed by atoms with Gasteiger partial charge in [-0.15, -0.1) is 24.2 Å². The van der Waals surface area contributed by atoms with Crippen LogP contribution in [0.3, 0.4) is 0 Å². The zero-order valence-electron chi connectivity index (χ0n) is 10.2. The molecule has 1 unspecified atom stereocenters.